The second-order valence-corrected chi connectivity index (χ2v) is 9.27. The van der Waals surface area contributed by atoms with E-state index < -0.39 is 17.1 Å². The SMILES string of the molecule is Cc1cc(O)c(O)c(Oc2cc(C)c3c4c(c(=O)oc3c2O)Cc2c(O)cc(C)cc2S4)c1. The second-order valence-electron chi connectivity index (χ2n) is 8.21. The first-order chi connectivity index (χ1) is 15.6. The first-order valence-corrected chi connectivity index (χ1v) is 11.0. The number of hydrogen-bond donors (Lipinski definition) is 4. The number of benzene rings is 3. The summed E-state index contributed by atoms with van der Waals surface area (Å²) in [5.41, 5.74) is 2.66. The van der Waals surface area contributed by atoms with E-state index in [2.05, 4.69) is 0 Å². The van der Waals surface area contributed by atoms with E-state index in [1.165, 1.54) is 23.9 Å². The zero-order chi connectivity index (χ0) is 23.6. The third kappa shape index (κ3) is 3.34. The van der Waals surface area contributed by atoms with Crippen molar-refractivity contribution in [2.24, 2.45) is 0 Å². The highest BCUT2D eigenvalue weighted by Crippen LogP contribution is 2.49. The van der Waals surface area contributed by atoms with E-state index in [9.17, 15) is 25.2 Å². The van der Waals surface area contributed by atoms with Gasteiger partial charge in [0.1, 0.15) is 5.75 Å². The predicted molar refractivity (Wildman–Crippen MR) is 123 cm³/mol. The number of ether oxygens (including phenoxy) is 1. The Hall–Kier alpha value is -3.78. The van der Waals surface area contributed by atoms with Gasteiger partial charge in [-0.05, 0) is 67.8 Å². The molecule has 8 heteroatoms. The Bertz CT molecular complexity index is 1540. The molecule has 1 aliphatic rings. The molecule has 0 bridgehead atoms. The third-order valence-electron chi connectivity index (χ3n) is 5.67. The summed E-state index contributed by atoms with van der Waals surface area (Å²) in [7, 11) is 0. The molecular weight excluding hydrogens is 444 g/mol. The number of hydrogen-bond acceptors (Lipinski definition) is 8. The van der Waals surface area contributed by atoms with Crippen LogP contribution in [0.3, 0.4) is 0 Å². The van der Waals surface area contributed by atoms with Crippen LogP contribution in [0.15, 0.2) is 49.3 Å². The molecule has 4 aromatic rings. The zero-order valence-corrected chi connectivity index (χ0v) is 18.8. The molecule has 0 saturated heterocycles. The zero-order valence-electron chi connectivity index (χ0n) is 18.0. The van der Waals surface area contributed by atoms with Gasteiger partial charge in [0, 0.05) is 27.2 Å². The summed E-state index contributed by atoms with van der Waals surface area (Å²) in [5.74, 6) is -1.15. The molecule has 5 rings (SSSR count). The lowest BCUT2D eigenvalue weighted by Crippen LogP contribution is -2.14. The molecule has 0 radical (unpaired) electrons. The smallest absolute Gasteiger partial charge is 0.341 e. The number of aryl methyl sites for hydroxylation is 3. The summed E-state index contributed by atoms with van der Waals surface area (Å²) in [6.07, 6.45) is 0.219. The number of phenols is 4. The van der Waals surface area contributed by atoms with Crippen LogP contribution in [0.5, 0.6) is 34.5 Å². The van der Waals surface area contributed by atoms with Gasteiger partial charge in [-0.25, -0.2) is 4.79 Å². The van der Waals surface area contributed by atoms with Gasteiger partial charge < -0.3 is 29.6 Å². The first-order valence-electron chi connectivity index (χ1n) is 10.2. The Morgan fingerprint density at radius 3 is 2.27 bits per heavy atom. The predicted octanol–water partition coefficient (Wildman–Crippen LogP) is 5.39. The molecule has 33 heavy (non-hydrogen) atoms. The molecule has 0 aliphatic carbocycles. The molecule has 168 valence electrons. The monoisotopic (exact) mass is 464 g/mol. The third-order valence-corrected chi connectivity index (χ3v) is 6.91. The van der Waals surface area contributed by atoms with Crippen molar-refractivity contribution < 1.29 is 29.6 Å². The Morgan fingerprint density at radius 1 is 0.848 bits per heavy atom. The molecule has 1 aromatic heterocycles. The van der Waals surface area contributed by atoms with E-state index in [0.717, 1.165) is 10.5 Å². The maximum Gasteiger partial charge on any atom is 0.341 e. The summed E-state index contributed by atoms with van der Waals surface area (Å²) < 4.78 is 11.2. The van der Waals surface area contributed by atoms with E-state index in [1.54, 1.807) is 26.0 Å². The van der Waals surface area contributed by atoms with E-state index in [1.807, 2.05) is 13.0 Å². The Labute approximate surface area is 192 Å². The number of phenolic OH excluding ortho intramolecular Hbond substituents is 4. The van der Waals surface area contributed by atoms with Crippen LogP contribution in [0.4, 0.5) is 0 Å². The molecule has 1 aliphatic heterocycles. The first kappa shape index (κ1) is 21.1. The van der Waals surface area contributed by atoms with Gasteiger partial charge in [-0.1, -0.05) is 11.8 Å². The second kappa shape index (κ2) is 7.38. The Kier molecular flexibility index (Phi) is 4.72. The normalized spacial score (nSPS) is 12.5. The van der Waals surface area contributed by atoms with Gasteiger partial charge >= 0.3 is 5.63 Å². The maximum atomic E-state index is 12.9. The van der Waals surface area contributed by atoms with Gasteiger partial charge in [-0.3, -0.25) is 0 Å². The molecule has 0 unspecified atom stereocenters. The summed E-state index contributed by atoms with van der Waals surface area (Å²) in [5, 5.41) is 41.9. The number of rotatable bonds is 2. The average Bonchev–Trinajstić information content (AvgIpc) is 2.74. The lowest BCUT2D eigenvalue weighted by atomic mass is 10.00. The van der Waals surface area contributed by atoms with E-state index >= 15 is 0 Å². The van der Waals surface area contributed by atoms with Crippen LogP contribution in [-0.2, 0) is 6.42 Å². The molecular formula is C25H20O7S. The van der Waals surface area contributed by atoms with Crippen LogP contribution < -0.4 is 10.4 Å². The molecule has 4 N–H and O–H groups in total. The van der Waals surface area contributed by atoms with Crippen LogP contribution in [0.25, 0.3) is 11.0 Å². The minimum Gasteiger partial charge on any atom is -0.508 e. The molecule has 0 spiro atoms. The van der Waals surface area contributed by atoms with E-state index in [4.69, 9.17) is 9.15 Å². The van der Waals surface area contributed by atoms with Crippen molar-refractivity contribution in [3.05, 3.63) is 68.6 Å². The van der Waals surface area contributed by atoms with Crippen molar-refractivity contribution in [1.82, 2.24) is 0 Å². The van der Waals surface area contributed by atoms with Crippen LogP contribution in [0.1, 0.15) is 27.8 Å². The summed E-state index contributed by atoms with van der Waals surface area (Å²) in [6, 6.07) is 8.09. The molecule has 2 heterocycles. The van der Waals surface area contributed by atoms with Crippen molar-refractivity contribution in [1.29, 1.82) is 0 Å². The minimum atomic E-state index is -0.612. The topological polar surface area (TPSA) is 120 Å². The lowest BCUT2D eigenvalue weighted by Gasteiger charge is -2.22. The molecule has 7 nitrogen and oxygen atoms in total. The minimum absolute atomic E-state index is 0.0295. The van der Waals surface area contributed by atoms with Gasteiger partial charge in [-0.15, -0.1) is 0 Å². The van der Waals surface area contributed by atoms with Gasteiger partial charge in [0.15, 0.2) is 22.8 Å². The highest BCUT2D eigenvalue weighted by Gasteiger charge is 2.28. The Balaban J connectivity index is 1.69. The van der Waals surface area contributed by atoms with Crippen LogP contribution in [0.2, 0.25) is 0 Å². The summed E-state index contributed by atoms with van der Waals surface area (Å²) in [4.78, 5) is 14.4. The molecule has 0 atom stereocenters. The molecule has 0 fully saturated rings. The summed E-state index contributed by atoms with van der Waals surface area (Å²) in [6.45, 7) is 5.40. The van der Waals surface area contributed by atoms with Gasteiger partial charge in [0.25, 0.3) is 0 Å². The average molecular weight is 464 g/mol. The van der Waals surface area contributed by atoms with Crippen molar-refractivity contribution >= 4 is 22.7 Å². The highest BCUT2D eigenvalue weighted by atomic mass is 32.2. The quantitative estimate of drug-likeness (QED) is 0.203. The summed E-state index contributed by atoms with van der Waals surface area (Å²) >= 11 is 1.35. The fourth-order valence-electron chi connectivity index (χ4n) is 4.11. The van der Waals surface area contributed by atoms with Gasteiger partial charge in [-0.2, -0.15) is 0 Å². The van der Waals surface area contributed by atoms with Gasteiger partial charge in [0.2, 0.25) is 11.5 Å². The van der Waals surface area contributed by atoms with Crippen molar-refractivity contribution in [3.8, 4) is 34.5 Å². The standard InChI is InChI=1S/C25H20O7S/c1-10-5-16(27)21(28)17(6-10)31-18-8-12(3)20-23(22(18)29)32-25(30)14-9-13-15(26)4-11(2)7-19(13)33-24(14)20/h4-8,26-29H,9H2,1-3H3. The lowest BCUT2D eigenvalue weighted by molar-refractivity contribution is 0.360. The van der Waals surface area contributed by atoms with Crippen molar-refractivity contribution in [2.75, 3.05) is 0 Å². The number of fused-ring (bicyclic) bond motifs is 4. The number of aromatic hydroxyl groups is 4. The highest BCUT2D eigenvalue weighted by molar-refractivity contribution is 7.99. The van der Waals surface area contributed by atoms with Crippen molar-refractivity contribution in [2.45, 2.75) is 37.0 Å². The van der Waals surface area contributed by atoms with Crippen LogP contribution in [-0.4, -0.2) is 20.4 Å². The van der Waals surface area contributed by atoms with Crippen molar-refractivity contribution in [3.63, 3.8) is 0 Å². The maximum absolute atomic E-state index is 12.9. The van der Waals surface area contributed by atoms with E-state index in [-0.39, 0.29) is 35.0 Å². The Morgan fingerprint density at radius 2 is 1.52 bits per heavy atom. The van der Waals surface area contributed by atoms with Gasteiger partial charge in [0.05, 0.1) is 5.56 Å². The van der Waals surface area contributed by atoms with E-state index in [0.29, 0.717) is 32.5 Å². The molecule has 0 amide bonds. The molecule has 0 saturated carbocycles. The molecule has 3 aromatic carbocycles. The van der Waals surface area contributed by atoms with Crippen LogP contribution in [0, 0.1) is 20.8 Å². The largest absolute Gasteiger partial charge is 0.508 e. The fourth-order valence-corrected chi connectivity index (χ4v) is 5.51. The fraction of sp³-hybridized carbons (Fsp3) is 0.160. The van der Waals surface area contributed by atoms with Crippen LogP contribution >= 0.6 is 11.8 Å².